The molecule has 0 aliphatic heterocycles. The average molecular weight is 423 g/mol. The molecule has 0 saturated carbocycles. The fourth-order valence-corrected chi connectivity index (χ4v) is 12.1. The van der Waals surface area contributed by atoms with Gasteiger partial charge in [-0.2, -0.15) is 0 Å². The molecule has 1 unspecified atom stereocenters. The monoisotopic (exact) mass is 422 g/mol. The number of benzene rings is 2. The minimum atomic E-state index is -0.445. The van der Waals surface area contributed by atoms with Gasteiger partial charge < -0.3 is 0 Å². The summed E-state index contributed by atoms with van der Waals surface area (Å²) in [6, 6.07) is 22.3. The lowest BCUT2D eigenvalue weighted by atomic mass is 10.2. The largest absolute Gasteiger partial charge is 0.0798 e. The molecular formula is C27H36P2. The van der Waals surface area contributed by atoms with E-state index in [1.54, 1.807) is 10.9 Å². The third-order valence-corrected chi connectivity index (χ3v) is 11.9. The normalized spacial score (nSPS) is 16.2. The molecule has 2 heteroatoms. The van der Waals surface area contributed by atoms with Crippen molar-refractivity contribution in [2.75, 3.05) is 0 Å². The highest BCUT2D eigenvalue weighted by atomic mass is 31.1. The van der Waals surface area contributed by atoms with Crippen LogP contribution in [0.1, 0.15) is 54.9 Å². The van der Waals surface area contributed by atoms with E-state index < -0.39 is 7.92 Å². The number of allylic oxidation sites excluding steroid dienone is 4. The molecule has 0 aromatic heterocycles. The van der Waals surface area contributed by atoms with Crippen molar-refractivity contribution >= 4 is 26.5 Å². The maximum absolute atomic E-state index is 2.47. The van der Waals surface area contributed by atoms with Gasteiger partial charge in [0.05, 0.1) is 0 Å². The van der Waals surface area contributed by atoms with Crippen LogP contribution in [0, 0.1) is 0 Å². The topological polar surface area (TPSA) is 0 Å². The van der Waals surface area contributed by atoms with E-state index in [2.05, 4.69) is 121 Å². The Morgan fingerprint density at radius 3 is 1.59 bits per heavy atom. The van der Waals surface area contributed by atoms with E-state index >= 15 is 0 Å². The van der Waals surface area contributed by atoms with E-state index in [9.17, 15) is 0 Å². The van der Waals surface area contributed by atoms with Gasteiger partial charge in [0, 0.05) is 5.66 Å². The van der Waals surface area contributed by atoms with E-state index in [1.807, 2.05) is 0 Å². The van der Waals surface area contributed by atoms with Crippen molar-refractivity contribution < 1.29 is 0 Å². The number of hydrogen-bond acceptors (Lipinski definition) is 0. The molecule has 0 saturated heterocycles. The molecule has 29 heavy (non-hydrogen) atoms. The highest BCUT2D eigenvalue weighted by molar-refractivity contribution is 7.74. The molecule has 0 fully saturated rings. The van der Waals surface area contributed by atoms with Gasteiger partial charge in [0.25, 0.3) is 0 Å². The second kappa shape index (κ2) is 8.88. The summed E-state index contributed by atoms with van der Waals surface area (Å²) in [6.07, 6.45) is 6.00. The van der Waals surface area contributed by atoms with E-state index in [0.717, 1.165) is 6.42 Å². The molecule has 0 nitrogen and oxygen atoms in total. The Kier molecular flexibility index (Phi) is 6.88. The van der Waals surface area contributed by atoms with Crippen LogP contribution < -0.4 is 10.6 Å². The average Bonchev–Trinajstić information content (AvgIpc) is 3.10. The predicted octanol–water partition coefficient (Wildman–Crippen LogP) is 7.80. The van der Waals surface area contributed by atoms with Crippen LogP contribution in [-0.2, 0) is 0 Å². The summed E-state index contributed by atoms with van der Waals surface area (Å²) in [6.45, 7) is 17.1. The van der Waals surface area contributed by atoms with Crippen LogP contribution in [0.2, 0.25) is 0 Å². The van der Waals surface area contributed by atoms with Gasteiger partial charge in [-0.3, -0.25) is 0 Å². The smallest absolute Gasteiger partial charge is 0.00968 e. The van der Waals surface area contributed by atoms with Crippen LogP contribution in [-0.4, -0.2) is 16.0 Å². The standard InChI is InChI=1S/C27H36P2/c1-21(24-19-14-20-25(24)29(26(2,3)4)27(5,6)7)28(22-15-10-8-11-16-22)23-17-12-9-13-18-23/h8-19,21H,20H2,1-7H3. The third-order valence-electron chi connectivity index (χ3n) is 5.46. The molecule has 0 amide bonds. The second-order valence-electron chi connectivity index (χ2n) is 9.90. The molecule has 154 valence electrons. The predicted molar refractivity (Wildman–Crippen MR) is 136 cm³/mol. The molecule has 3 rings (SSSR count). The summed E-state index contributed by atoms with van der Waals surface area (Å²) < 4.78 is 0. The lowest BCUT2D eigenvalue weighted by Crippen LogP contribution is -2.27. The zero-order valence-corrected chi connectivity index (χ0v) is 20.9. The molecule has 0 spiro atoms. The van der Waals surface area contributed by atoms with Crippen molar-refractivity contribution in [3.8, 4) is 0 Å². The first-order valence-corrected chi connectivity index (χ1v) is 13.4. The van der Waals surface area contributed by atoms with Gasteiger partial charge in [-0.05, 0) is 46.2 Å². The summed E-state index contributed by atoms with van der Waals surface area (Å²) in [4.78, 5) is 0. The van der Waals surface area contributed by atoms with Crippen molar-refractivity contribution in [3.63, 3.8) is 0 Å². The fourth-order valence-electron chi connectivity index (χ4n) is 4.84. The van der Waals surface area contributed by atoms with E-state index in [1.165, 1.54) is 10.6 Å². The van der Waals surface area contributed by atoms with Crippen molar-refractivity contribution in [1.82, 2.24) is 0 Å². The Morgan fingerprint density at radius 2 is 1.17 bits per heavy atom. The van der Waals surface area contributed by atoms with Crippen molar-refractivity contribution in [1.29, 1.82) is 0 Å². The van der Waals surface area contributed by atoms with Gasteiger partial charge in [0.15, 0.2) is 0 Å². The zero-order valence-electron chi connectivity index (χ0n) is 19.1. The number of hydrogen-bond donors (Lipinski definition) is 0. The summed E-state index contributed by atoms with van der Waals surface area (Å²) in [7, 11) is -0.696. The van der Waals surface area contributed by atoms with Crippen LogP contribution in [0.3, 0.4) is 0 Å². The molecule has 2 aromatic carbocycles. The highest BCUT2D eigenvalue weighted by Gasteiger charge is 2.39. The Bertz CT molecular complexity index is 811. The first kappa shape index (κ1) is 22.5. The Morgan fingerprint density at radius 1 is 0.724 bits per heavy atom. The molecule has 2 aromatic rings. The summed E-state index contributed by atoms with van der Waals surface area (Å²) >= 11 is 0. The fraction of sp³-hybridized carbons (Fsp3) is 0.407. The lowest BCUT2D eigenvalue weighted by molar-refractivity contribution is 0.709. The summed E-state index contributed by atoms with van der Waals surface area (Å²) in [5, 5.41) is 5.30. The minimum Gasteiger partial charge on any atom is -0.0798 e. The van der Waals surface area contributed by atoms with Gasteiger partial charge in [-0.25, -0.2) is 0 Å². The Hall–Kier alpha value is -1.22. The van der Waals surface area contributed by atoms with Crippen molar-refractivity contribution in [2.45, 2.75) is 70.9 Å². The van der Waals surface area contributed by atoms with Gasteiger partial charge >= 0.3 is 0 Å². The minimum absolute atomic E-state index is 0.251. The van der Waals surface area contributed by atoms with Crippen molar-refractivity contribution in [3.05, 3.63) is 83.7 Å². The summed E-state index contributed by atoms with van der Waals surface area (Å²) in [5.74, 6) is 0. The van der Waals surface area contributed by atoms with Crippen LogP contribution in [0.15, 0.2) is 83.7 Å². The quantitative estimate of drug-likeness (QED) is 0.431. The maximum Gasteiger partial charge on any atom is 0.00968 e. The molecule has 1 aliphatic carbocycles. The molecule has 1 atom stereocenters. The Labute approximate surface area is 181 Å². The van der Waals surface area contributed by atoms with Crippen LogP contribution in [0.5, 0.6) is 0 Å². The SMILES string of the molecule is CC(C1=C(P(C(C)(C)C)C(C)(C)C)CC=C1)P(c1ccccc1)c1ccccc1. The van der Waals surface area contributed by atoms with Crippen LogP contribution >= 0.6 is 15.8 Å². The molecule has 0 N–H and O–H groups in total. The van der Waals surface area contributed by atoms with E-state index in [0.29, 0.717) is 16.0 Å². The van der Waals surface area contributed by atoms with E-state index in [-0.39, 0.29) is 7.92 Å². The Balaban J connectivity index is 2.12. The van der Waals surface area contributed by atoms with Crippen LogP contribution in [0.25, 0.3) is 0 Å². The lowest BCUT2D eigenvalue weighted by Gasteiger charge is -2.44. The third kappa shape index (κ3) is 5.10. The zero-order chi connectivity index (χ0) is 21.2. The van der Waals surface area contributed by atoms with Gasteiger partial charge in [0.1, 0.15) is 0 Å². The van der Waals surface area contributed by atoms with E-state index in [4.69, 9.17) is 0 Å². The van der Waals surface area contributed by atoms with Crippen LogP contribution in [0.4, 0.5) is 0 Å². The highest BCUT2D eigenvalue weighted by Crippen LogP contribution is 2.68. The summed E-state index contributed by atoms with van der Waals surface area (Å²) in [5.41, 5.74) is 2.12. The molecule has 0 radical (unpaired) electrons. The molecule has 0 bridgehead atoms. The first-order valence-electron chi connectivity index (χ1n) is 10.7. The van der Waals surface area contributed by atoms with Gasteiger partial charge in [-0.1, -0.05) is 129 Å². The maximum atomic E-state index is 2.47. The van der Waals surface area contributed by atoms with Crippen molar-refractivity contribution in [2.24, 2.45) is 0 Å². The molecule has 0 heterocycles. The second-order valence-corrected chi connectivity index (χ2v) is 16.3. The molecular weight excluding hydrogens is 386 g/mol. The van der Waals surface area contributed by atoms with Gasteiger partial charge in [0.2, 0.25) is 0 Å². The first-order chi connectivity index (χ1) is 13.6. The number of rotatable bonds is 5. The van der Waals surface area contributed by atoms with Gasteiger partial charge in [-0.15, -0.1) is 0 Å². The molecule has 1 aliphatic rings.